The largest absolute Gasteiger partial charge is 0.314 e. The van der Waals surface area contributed by atoms with Crippen molar-refractivity contribution in [1.82, 2.24) is 15.1 Å². The first-order chi connectivity index (χ1) is 8.26. The minimum atomic E-state index is 0.670. The second-order valence-corrected chi connectivity index (χ2v) is 5.33. The lowest BCUT2D eigenvalue weighted by Crippen LogP contribution is -2.47. The van der Waals surface area contributed by atoms with E-state index in [1.807, 2.05) is 0 Å². The van der Waals surface area contributed by atoms with Crippen LogP contribution in [0.3, 0.4) is 0 Å². The number of hydrogen-bond donors (Lipinski definition) is 1. The van der Waals surface area contributed by atoms with Crippen molar-refractivity contribution in [1.29, 1.82) is 0 Å². The summed E-state index contributed by atoms with van der Waals surface area (Å²) in [6.07, 6.45) is 3.81. The van der Waals surface area contributed by atoms with Gasteiger partial charge in [0.15, 0.2) is 0 Å². The molecule has 3 heteroatoms. The lowest BCUT2D eigenvalue weighted by molar-refractivity contribution is 0.129. The van der Waals surface area contributed by atoms with Crippen molar-refractivity contribution in [2.75, 3.05) is 45.8 Å². The summed E-state index contributed by atoms with van der Waals surface area (Å²) < 4.78 is 0. The Morgan fingerprint density at radius 1 is 0.941 bits per heavy atom. The number of rotatable bonds is 8. The molecule has 17 heavy (non-hydrogen) atoms. The van der Waals surface area contributed by atoms with Gasteiger partial charge in [-0.05, 0) is 45.8 Å². The fraction of sp³-hybridized carbons (Fsp3) is 1.00. The number of hydrogen-bond acceptors (Lipinski definition) is 3. The van der Waals surface area contributed by atoms with Crippen LogP contribution in [0.1, 0.15) is 40.0 Å². The van der Waals surface area contributed by atoms with E-state index in [0.29, 0.717) is 6.04 Å². The Bertz CT molecular complexity index is 176. The Balaban J connectivity index is 2.05. The monoisotopic (exact) mass is 241 g/mol. The lowest BCUT2D eigenvalue weighted by Gasteiger charge is -2.35. The van der Waals surface area contributed by atoms with Crippen LogP contribution in [0.5, 0.6) is 0 Å². The summed E-state index contributed by atoms with van der Waals surface area (Å²) in [7, 11) is 0. The first-order valence-corrected chi connectivity index (χ1v) is 7.44. The molecule has 3 nitrogen and oxygen atoms in total. The third-order valence-electron chi connectivity index (χ3n) is 3.63. The van der Waals surface area contributed by atoms with Gasteiger partial charge in [0.1, 0.15) is 0 Å². The Kier molecular flexibility index (Phi) is 7.82. The molecule has 0 radical (unpaired) electrons. The Labute approximate surface area is 108 Å². The topological polar surface area (TPSA) is 18.5 Å². The highest BCUT2D eigenvalue weighted by Crippen LogP contribution is 2.04. The molecule has 1 N–H and O–H groups in total. The fourth-order valence-electron chi connectivity index (χ4n) is 2.42. The predicted molar refractivity (Wildman–Crippen MR) is 75.5 cm³/mol. The molecule has 0 bridgehead atoms. The molecule has 1 aliphatic rings. The molecule has 1 rings (SSSR count). The molecule has 0 aromatic carbocycles. The van der Waals surface area contributed by atoms with E-state index in [2.05, 4.69) is 35.9 Å². The normalized spacial score (nSPS) is 20.6. The zero-order valence-corrected chi connectivity index (χ0v) is 12.0. The maximum atomic E-state index is 3.56. The molecular formula is C14H31N3. The molecule has 1 fully saturated rings. The van der Waals surface area contributed by atoms with E-state index in [1.54, 1.807) is 0 Å². The maximum Gasteiger partial charge on any atom is 0.0110 e. The zero-order chi connectivity index (χ0) is 12.5. The molecule has 0 spiro atoms. The van der Waals surface area contributed by atoms with Crippen LogP contribution in [-0.4, -0.2) is 61.7 Å². The maximum absolute atomic E-state index is 3.56. The molecule has 1 atom stereocenters. The third-order valence-corrected chi connectivity index (χ3v) is 3.63. The molecular weight excluding hydrogens is 210 g/mol. The average molecular weight is 241 g/mol. The summed E-state index contributed by atoms with van der Waals surface area (Å²) in [5.74, 6) is 0. The van der Waals surface area contributed by atoms with Crippen molar-refractivity contribution in [3.05, 3.63) is 0 Å². The highest BCUT2D eigenvalue weighted by Gasteiger charge is 2.16. The minimum Gasteiger partial charge on any atom is -0.314 e. The molecule has 102 valence electrons. The number of nitrogens with zero attached hydrogens (tertiary/aromatic N) is 2. The molecule has 0 saturated carbocycles. The van der Waals surface area contributed by atoms with Crippen molar-refractivity contribution in [2.45, 2.75) is 46.1 Å². The van der Waals surface area contributed by atoms with E-state index in [0.717, 1.165) is 6.54 Å². The van der Waals surface area contributed by atoms with E-state index in [1.165, 1.54) is 58.5 Å². The van der Waals surface area contributed by atoms with Gasteiger partial charge in [-0.25, -0.2) is 0 Å². The summed E-state index contributed by atoms with van der Waals surface area (Å²) in [6.45, 7) is 15.6. The highest BCUT2D eigenvalue weighted by molar-refractivity contribution is 4.73. The van der Waals surface area contributed by atoms with Gasteiger partial charge in [-0.15, -0.1) is 0 Å². The quantitative estimate of drug-likeness (QED) is 0.699. The Hall–Kier alpha value is -0.120. The molecule has 0 aromatic rings. The van der Waals surface area contributed by atoms with E-state index in [4.69, 9.17) is 0 Å². The smallest absolute Gasteiger partial charge is 0.0110 e. The van der Waals surface area contributed by atoms with Gasteiger partial charge in [-0.3, -0.25) is 0 Å². The summed E-state index contributed by atoms with van der Waals surface area (Å²) in [5, 5.41) is 3.56. The van der Waals surface area contributed by atoms with Gasteiger partial charge in [-0.2, -0.15) is 0 Å². The Morgan fingerprint density at radius 2 is 1.53 bits per heavy atom. The van der Waals surface area contributed by atoms with E-state index in [-0.39, 0.29) is 0 Å². The number of nitrogens with one attached hydrogen (secondary N) is 1. The molecule has 1 heterocycles. The van der Waals surface area contributed by atoms with Crippen LogP contribution in [0.4, 0.5) is 0 Å². The zero-order valence-electron chi connectivity index (χ0n) is 12.0. The van der Waals surface area contributed by atoms with Gasteiger partial charge in [0, 0.05) is 32.2 Å². The summed E-state index contributed by atoms with van der Waals surface area (Å²) in [5.41, 5.74) is 0. The first kappa shape index (κ1) is 14.9. The van der Waals surface area contributed by atoms with Crippen LogP contribution in [0.15, 0.2) is 0 Å². The lowest BCUT2D eigenvalue weighted by atomic mass is 10.2. The molecule has 1 unspecified atom stereocenters. The molecule has 0 aromatic heterocycles. The highest BCUT2D eigenvalue weighted by atomic mass is 15.3. The van der Waals surface area contributed by atoms with Gasteiger partial charge in [0.05, 0.1) is 0 Å². The Morgan fingerprint density at radius 3 is 2.06 bits per heavy atom. The standard InChI is InChI=1S/C14H31N3/c1-4-7-15-14(3)6-9-17-12-10-16(8-5-2)11-13-17/h14-15H,4-13H2,1-3H3. The van der Waals surface area contributed by atoms with E-state index >= 15 is 0 Å². The van der Waals surface area contributed by atoms with E-state index in [9.17, 15) is 0 Å². The minimum absolute atomic E-state index is 0.670. The second kappa shape index (κ2) is 8.90. The number of piperazine rings is 1. The van der Waals surface area contributed by atoms with E-state index < -0.39 is 0 Å². The van der Waals surface area contributed by atoms with Crippen molar-refractivity contribution in [3.8, 4) is 0 Å². The first-order valence-electron chi connectivity index (χ1n) is 7.44. The van der Waals surface area contributed by atoms with Crippen molar-refractivity contribution in [3.63, 3.8) is 0 Å². The van der Waals surface area contributed by atoms with Crippen LogP contribution < -0.4 is 5.32 Å². The van der Waals surface area contributed by atoms with Gasteiger partial charge in [0.25, 0.3) is 0 Å². The summed E-state index contributed by atoms with van der Waals surface area (Å²) >= 11 is 0. The van der Waals surface area contributed by atoms with Gasteiger partial charge in [-0.1, -0.05) is 13.8 Å². The predicted octanol–water partition coefficient (Wildman–Crippen LogP) is 1.79. The summed E-state index contributed by atoms with van der Waals surface area (Å²) in [6, 6.07) is 0.670. The fourth-order valence-corrected chi connectivity index (χ4v) is 2.42. The van der Waals surface area contributed by atoms with Crippen molar-refractivity contribution < 1.29 is 0 Å². The second-order valence-electron chi connectivity index (χ2n) is 5.33. The van der Waals surface area contributed by atoms with Gasteiger partial charge >= 0.3 is 0 Å². The van der Waals surface area contributed by atoms with Crippen molar-refractivity contribution in [2.24, 2.45) is 0 Å². The van der Waals surface area contributed by atoms with Crippen molar-refractivity contribution >= 4 is 0 Å². The van der Waals surface area contributed by atoms with Crippen LogP contribution >= 0.6 is 0 Å². The SMILES string of the molecule is CCCNC(C)CCN1CCN(CCC)CC1. The van der Waals surface area contributed by atoms with Gasteiger partial charge in [0.2, 0.25) is 0 Å². The molecule has 0 aliphatic carbocycles. The van der Waals surface area contributed by atoms with Crippen LogP contribution in [-0.2, 0) is 0 Å². The van der Waals surface area contributed by atoms with Gasteiger partial charge < -0.3 is 15.1 Å². The van der Waals surface area contributed by atoms with Crippen LogP contribution in [0.2, 0.25) is 0 Å². The molecule has 0 amide bonds. The third kappa shape index (κ3) is 6.39. The van der Waals surface area contributed by atoms with Crippen LogP contribution in [0.25, 0.3) is 0 Å². The molecule has 1 saturated heterocycles. The molecule has 1 aliphatic heterocycles. The summed E-state index contributed by atoms with van der Waals surface area (Å²) in [4.78, 5) is 5.21. The van der Waals surface area contributed by atoms with Crippen LogP contribution in [0, 0.1) is 0 Å². The average Bonchev–Trinajstić information content (AvgIpc) is 2.36.